The van der Waals surface area contributed by atoms with E-state index in [4.69, 9.17) is 11.5 Å². The number of rotatable bonds is 6. The molecule has 0 radical (unpaired) electrons. The van der Waals surface area contributed by atoms with Gasteiger partial charge in [-0.05, 0) is 42.8 Å². The Labute approximate surface area is 220 Å². The molecular formula is C25H25F3N6O5. The van der Waals surface area contributed by atoms with Gasteiger partial charge in [-0.15, -0.1) is 0 Å². The van der Waals surface area contributed by atoms with Gasteiger partial charge < -0.3 is 36.6 Å². The quantitative estimate of drug-likeness (QED) is 0.304. The summed E-state index contributed by atoms with van der Waals surface area (Å²) in [6, 6.07) is 8.31. The maximum atomic E-state index is 13.6. The molecule has 1 aliphatic rings. The van der Waals surface area contributed by atoms with Crippen LogP contribution < -0.4 is 21.3 Å². The zero-order valence-electron chi connectivity index (χ0n) is 20.6. The van der Waals surface area contributed by atoms with Gasteiger partial charge in [0.2, 0.25) is 5.91 Å². The monoisotopic (exact) mass is 546 g/mol. The van der Waals surface area contributed by atoms with Crippen molar-refractivity contribution in [3.05, 3.63) is 59.8 Å². The number of phenols is 1. The molecular weight excluding hydrogens is 521 g/mol. The van der Waals surface area contributed by atoms with Crippen molar-refractivity contribution >= 4 is 29.1 Å². The molecule has 2 heterocycles. The molecule has 206 valence electrons. The second-order valence-corrected chi connectivity index (χ2v) is 9.06. The molecule has 11 nitrogen and oxygen atoms in total. The standard InChI is InChI=1S/C25H25F3N6O5/c1-13-2-3-14(24(39,23(30)38)25(26,27)28)8-18(13)19-9-31-21(29)22(32-19)33-10-16(12-35)34(20(37)11-33)15-4-6-17(36)7-5-15/h2-9,16,35-36,39H,10-12H2,1H3,(H2,29,31)(H2,30,38)/t16-,24?/m1/s1. The lowest BCUT2D eigenvalue weighted by Crippen LogP contribution is -2.58. The highest BCUT2D eigenvalue weighted by Gasteiger charge is 2.60. The van der Waals surface area contributed by atoms with Crippen LogP contribution in [0.15, 0.2) is 48.7 Å². The molecule has 1 unspecified atom stereocenters. The van der Waals surface area contributed by atoms with Crippen molar-refractivity contribution in [3.8, 4) is 17.0 Å². The Kier molecular flexibility index (Phi) is 7.10. The molecule has 2 aromatic carbocycles. The molecule has 2 atom stereocenters. The summed E-state index contributed by atoms with van der Waals surface area (Å²) >= 11 is 0. The number of amides is 2. The summed E-state index contributed by atoms with van der Waals surface area (Å²) in [5, 5.41) is 29.8. The van der Waals surface area contributed by atoms with Crippen LogP contribution in [0.5, 0.6) is 5.75 Å². The van der Waals surface area contributed by atoms with E-state index >= 15 is 0 Å². The van der Waals surface area contributed by atoms with Crippen molar-refractivity contribution in [2.45, 2.75) is 24.7 Å². The third kappa shape index (κ3) is 4.91. The number of aromatic hydroxyl groups is 1. The van der Waals surface area contributed by atoms with Crippen molar-refractivity contribution in [1.82, 2.24) is 9.97 Å². The van der Waals surface area contributed by atoms with Crippen molar-refractivity contribution in [3.63, 3.8) is 0 Å². The van der Waals surface area contributed by atoms with Crippen LogP contribution in [-0.2, 0) is 15.2 Å². The number of nitrogen functional groups attached to an aromatic ring is 1. The fraction of sp³-hybridized carbons (Fsp3) is 0.280. The number of alkyl halides is 3. The van der Waals surface area contributed by atoms with Gasteiger partial charge in [-0.2, -0.15) is 13.2 Å². The number of nitrogens with two attached hydrogens (primary N) is 2. The van der Waals surface area contributed by atoms with Crippen LogP contribution in [0.25, 0.3) is 11.3 Å². The van der Waals surface area contributed by atoms with Crippen LogP contribution in [-0.4, -0.2) is 69.0 Å². The predicted octanol–water partition coefficient (Wildman–Crippen LogP) is 1.19. The number of primary amides is 1. The van der Waals surface area contributed by atoms with Crippen LogP contribution in [0.1, 0.15) is 11.1 Å². The minimum absolute atomic E-state index is 0.00844. The van der Waals surface area contributed by atoms with Gasteiger partial charge >= 0.3 is 6.18 Å². The lowest BCUT2D eigenvalue weighted by atomic mass is 9.89. The molecule has 1 aromatic heterocycles. The molecule has 4 rings (SSSR count). The highest BCUT2D eigenvalue weighted by Crippen LogP contribution is 2.40. The summed E-state index contributed by atoms with van der Waals surface area (Å²) < 4.78 is 40.9. The van der Waals surface area contributed by atoms with Crippen molar-refractivity contribution in [1.29, 1.82) is 0 Å². The van der Waals surface area contributed by atoms with Crippen molar-refractivity contribution < 1.29 is 38.1 Å². The Balaban J connectivity index is 1.72. The Morgan fingerprint density at radius 2 is 1.85 bits per heavy atom. The number of nitrogens with zero attached hydrogens (tertiary/aromatic N) is 4. The molecule has 0 bridgehead atoms. The van der Waals surface area contributed by atoms with Crippen LogP contribution in [0, 0.1) is 6.92 Å². The normalized spacial score (nSPS) is 17.7. The molecule has 1 fully saturated rings. The zero-order chi connectivity index (χ0) is 28.7. The van der Waals surface area contributed by atoms with Gasteiger partial charge in [0.1, 0.15) is 5.75 Å². The molecule has 7 N–H and O–H groups in total. The van der Waals surface area contributed by atoms with Crippen LogP contribution in [0.4, 0.5) is 30.5 Å². The molecule has 0 spiro atoms. The van der Waals surface area contributed by atoms with E-state index in [2.05, 4.69) is 9.97 Å². The largest absolute Gasteiger partial charge is 0.508 e. The molecule has 0 aliphatic carbocycles. The Morgan fingerprint density at radius 3 is 2.44 bits per heavy atom. The summed E-state index contributed by atoms with van der Waals surface area (Å²) in [6.45, 7) is 1.03. The lowest BCUT2D eigenvalue weighted by molar-refractivity contribution is -0.255. The molecule has 1 aliphatic heterocycles. The highest BCUT2D eigenvalue weighted by molar-refractivity contribution is 5.98. The molecule has 3 aromatic rings. The molecule has 14 heteroatoms. The predicted molar refractivity (Wildman–Crippen MR) is 134 cm³/mol. The zero-order valence-corrected chi connectivity index (χ0v) is 20.6. The first-order valence-corrected chi connectivity index (χ1v) is 11.6. The van der Waals surface area contributed by atoms with Gasteiger partial charge in [0.25, 0.3) is 11.5 Å². The molecule has 39 heavy (non-hydrogen) atoms. The van der Waals surface area contributed by atoms with Gasteiger partial charge in [-0.3, -0.25) is 9.59 Å². The fourth-order valence-electron chi connectivity index (χ4n) is 4.43. The smallest absolute Gasteiger partial charge is 0.430 e. The average Bonchev–Trinajstić information content (AvgIpc) is 2.88. The van der Waals surface area contributed by atoms with Gasteiger partial charge in [0, 0.05) is 23.4 Å². The highest BCUT2D eigenvalue weighted by atomic mass is 19.4. The van der Waals surface area contributed by atoms with E-state index in [-0.39, 0.29) is 41.7 Å². The molecule has 0 saturated carbocycles. The molecule has 1 saturated heterocycles. The van der Waals surface area contributed by atoms with E-state index < -0.39 is 41.8 Å². The number of hydrogen-bond acceptors (Lipinski definition) is 9. The third-order valence-corrected chi connectivity index (χ3v) is 6.51. The number of benzene rings is 2. The SMILES string of the molecule is Cc1ccc(C(O)(C(N)=O)C(F)(F)F)cc1-c1cnc(N)c(N2CC(=O)N(c3ccc(O)cc3)[C@@H](CO)C2)n1. The molecule has 2 amide bonds. The Morgan fingerprint density at radius 1 is 1.18 bits per heavy atom. The number of aliphatic hydroxyl groups is 2. The summed E-state index contributed by atoms with van der Waals surface area (Å²) in [6.07, 6.45) is -4.18. The van der Waals surface area contributed by atoms with E-state index in [1.807, 2.05) is 0 Å². The van der Waals surface area contributed by atoms with E-state index in [1.165, 1.54) is 46.3 Å². The first-order chi connectivity index (χ1) is 18.3. The van der Waals surface area contributed by atoms with Gasteiger partial charge in [0.05, 0.1) is 31.1 Å². The average molecular weight is 547 g/mol. The van der Waals surface area contributed by atoms with E-state index in [0.29, 0.717) is 11.3 Å². The summed E-state index contributed by atoms with van der Waals surface area (Å²) in [5.41, 5.74) is 7.30. The Bertz CT molecular complexity index is 1420. The summed E-state index contributed by atoms with van der Waals surface area (Å²) in [4.78, 5) is 36.2. The maximum Gasteiger partial charge on any atom is 0.430 e. The first-order valence-electron chi connectivity index (χ1n) is 11.6. The summed E-state index contributed by atoms with van der Waals surface area (Å²) in [5.74, 6) is -2.41. The Hall–Kier alpha value is -4.43. The first kappa shape index (κ1) is 27.6. The number of halogens is 3. The minimum Gasteiger partial charge on any atom is -0.508 e. The number of carbonyl (C=O) groups excluding carboxylic acids is 2. The number of aromatic nitrogens is 2. The number of aliphatic hydroxyl groups excluding tert-OH is 1. The van der Waals surface area contributed by atoms with Crippen molar-refractivity contribution in [2.75, 3.05) is 35.2 Å². The number of piperazine rings is 1. The van der Waals surface area contributed by atoms with Crippen LogP contribution in [0.2, 0.25) is 0 Å². The van der Waals surface area contributed by atoms with E-state index in [0.717, 1.165) is 12.1 Å². The van der Waals surface area contributed by atoms with Crippen molar-refractivity contribution in [2.24, 2.45) is 5.73 Å². The summed E-state index contributed by atoms with van der Waals surface area (Å²) in [7, 11) is 0. The van der Waals surface area contributed by atoms with Gasteiger partial charge in [0.15, 0.2) is 11.6 Å². The van der Waals surface area contributed by atoms with Gasteiger partial charge in [-0.25, -0.2) is 9.97 Å². The second kappa shape index (κ2) is 10.0. The second-order valence-electron chi connectivity index (χ2n) is 9.06. The number of anilines is 3. The van der Waals surface area contributed by atoms with E-state index in [9.17, 15) is 38.1 Å². The minimum atomic E-state index is -5.39. The third-order valence-electron chi connectivity index (χ3n) is 6.51. The topological polar surface area (TPSA) is 179 Å². The number of carbonyl (C=O) groups is 2. The number of aryl methyl sites for hydroxylation is 1. The maximum absolute atomic E-state index is 13.6. The van der Waals surface area contributed by atoms with Crippen LogP contribution >= 0.6 is 0 Å². The van der Waals surface area contributed by atoms with E-state index in [1.54, 1.807) is 6.92 Å². The number of phenolic OH excluding ortho intramolecular Hbond substituents is 1. The fourth-order valence-corrected chi connectivity index (χ4v) is 4.43. The lowest BCUT2D eigenvalue weighted by Gasteiger charge is -2.41. The van der Waals surface area contributed by atoms with Gasteiger partial charge in [-0.1, -0.05) is 12.1 Å². The number of hydrogen-bond donors (Lipinski definition) is 5. The van der Waals surface area contributed by atoms with Crippen LogP contribution in [0.3, 0.4) is 0 Å².